The molecule has 3 rings (SSSR count). The van der Waals surface area contributed by atoms with Crippen molar-refractivity contribution in [1.82, 2.24) is 25.2 Å². The minimum Gasteiger partial charge on any atom is -0.350 e. The predicted octanol–water partition coefficient (Wildman–Crippen LogP) is 2.12. The summed E-state index contributed by atoms with van der Waals surface area (Å²) in [6.07, 6.45) is 8.11. The van der Waals surface area contributed by atoms with Crippen molar-refractivity contribution in [2.45, 2.75) is 71.9 Å². The fourth-order valence-corrected chi connectivity index (χ4v) is 4.05. The Balaban J connectivity index is 1.65. The van der Waals surface area contributed by atoms with Crippen molar-refractivity contribution in [2.75, 3.05) is 13.1 Å². The summed E-state index contributed by atoms with van der Waals surface area (Å²) in [5.41, 5.74) is 0.461. The number of amides is 2. The number of nitrogens with zero attached hydrogens (tertiary/aromatic N) is 4. The third-order valence-corrected chi connectivity index (χ3v) is 5.70. The Labute approximate surface area is 155 Å². The number of rotatable bonds is 2. The molecule has 2 aliphatic heterocycles. The Bertz CT molecular complexity index is 632. The van der Waals surface area contributed by atoms with Gasteiger partial charge in [-0.3, -0.25) is 14.3 Å². The fraction of sp³-hybridized carbons (Fsp3) is 0.789. The summed E-state index contributed by atoms with van der Waals surface area (Å²) >= 11 is 0. The van der Waals surface area contributed by atoms with Gasteiger partial charge in [0, 0.05) is 26.1 Å². The third-order valence-electron chi connectivity index (χ3n) is 5.70. The maximum atomic E-state index is 13.0. The highest BCUT2D eigenvalue weighted by Gasteiger charge is 2.41. The molecule has 3 heterocycles. The minimum absolute atomic E-state index is 0.114. The van der Waals surface area contributed by atoms with E-state index in [0.29, 0.717) is 32.0 Å². The second kappa shape index (κ2) is 8.18. The second-order valence-electron chi connectivity index (χ2n) is 8.23. The van der Waals surface area contributed by atoms with Crippen LogP contribution in [0.2, 0.25) is 0 Å². The Kier molecular flexibility index (Phi) is 5.94. The molecule has 7 heteroatoms. The Morgan fingerprint density at radius 2 is 1.96 bits per heavy atom. The van der Waals surface area contributed by atoms with Gasteiger partial charge in [0.15, 0.2) is 0 Å². The molecule has 1 saturated heterocycles. The molecule has 1 aromatic heterocycles. The molecule has 1 spiro atoms. The lowest BCUT2D eigenvalue weighted by Crippen LogP contribution is -2.50. The SMILES string of the molecule is CC(C)CC(=O)N1CCC2(CCCCCn3cc(nn3)CNC2=O)CC1. The summed E-state index contributed by atoms with van der Waals surface area (Å²) in [4.78, 5) is 27.3. The van der Waals surface area contributed by atoms with E-state index < -0.39 is 0 Å². The van der Waals surface area contributed by atoms with E-state index in [1.807, 2.05) is 15.8 Å². The van der Waals surface area contributed by atoms with Gasteiger partial charge in [-0.1, -0.05) is 31.9 Å². The first-order chi connectivity index (χ1) is 12.5. The Morgan fingerprint density at radius 3 is 2.69 bits per heavy atom. The largest absolute Gasteiger partial charge is 0.350 e. The van der Waals surface area contributed by atoms with Crippen LogP contribution >= 0.6 is 0 Å². The summed E-state index contributed by atoms with van der Waals surface area (Å²) in [5, 5.41) is 11.3. The van der Waals surface area contributed by atoms with Gasteiger partial charge in [-0.2, -0.15) is 0 Å². The van der Waals surface area contributed by atoms with Gasteiger partial charge in [-0.25, -0.2) is 0 Å². The topological polar surface area (TPSA) is 80.1 Å². The summed E-state index contributed by atoms with van der Waals surface area (Å²) in [5.74, 6) is 0.708. The van der Waals surface area contributed by atoms with Gasteiger partial charge in [0.1, 0.15) is 5.69 Å². The van der Waals surface area contributed by atoms with E-state index in [1.54, 1.807) is 0 Å². The molecule has 26 heavy (non-hydrogen) atoms. The molecule has 144 valence electrons. The van der Waals surface area contributed by atoms with E-state index in [0.717, 1.165) is 50.8 Å². The van der Waals surface area contributed by atoms with Crippen molar-refractivity contribution in [2.24, 2.45) is 11.3 Å². The molecule has 1 fully saturated rings. The molecule has 0 aliphatic carbocycles. The highest BCUT2D eigenvalue weighted by Crippen LogP contribution is 2.37. The first-order valence-corrected chi connectivity index (χ1v) is 9.94. The zero-order chi connectivity index (χ0) is 18.6. The molecule has 0 aromatic carbocycles. The van der Waals surface area contributed by atoms with Crippen LogP contribution in [0, 0.1) is 11.3 Å². The van der Waals surface area contributed by atoms with Crippen LogP contribution < -0.4 is 5.32 Å². The highest BCUT2D eigenvalue weighted by atomic mass is 16.2. The highest BCUT2D eigenvalue weighted by molar-refractivity contribution is 5.83. The number of nitrogens with one attached hydrogen (secondary N) is 1. The first kappa shape index (κ1) is 18.9. The van der Waals surface area contributed by atoms with Crippen LogP contribution in [0.25, 0.3) is 0 Å². The zero-order valence-corrected chi connectivity index (χ0v) is 16.0. The molecule has 0 unspecified atom stereocenters. The standard InChI is InChI=1S/C19H31N5O2/c1-15(2)12-17(25)23-10-7-19(8-11-23)6-4-3-5-9-24-14-16(21-22-24)13-20-18(19)26/h14-15H,3-13H2,1-2H3,(H,20,26). The van der Waals surface area contributed by atoms with E-state index in [9.17, 15) is 9.59 Å². The third kappa shape index (κ3) is 4.43. The molecular formula is C19H31N5O2. The van der Waals surface area contributed by atoms with E-state index in [1.165, 1.54) is 0 Å². The Hall–Kier alpha value is -1.92. The molecular weight excluding hydrogens is 330 g/mol. The molecule has 1 aromatic rings. The molecule has 0 atom stereocenters. The van der Waals surface area contributed by atoms with Crippen molar-refractivity contribution in [1.29, 1.82) is 0 Å². The molecule has 2 bridgehead atoms. The molecule has 7 nitrogen and oxygen atoms in total. The summed E-state index contributed by atoms with van der Waals surface area (Å²) in [6, 6.07) is 0. The molecule has 0 saturated carbocycles. The van der Waals surface area contributed by atoms with Gasteiger partial charge < -0.3 is 10.2 Å². The maximum absolute atomic E-state index is 13.0. The minimum atomic E-state index is -0.343. The summed E-state index contributed by atoms with van der Waals surface area (Å²) in [6.45, 7) is 6.83. The van der Waals surface area contributed by atoms with Crippen molar-refractivity contribution >= 4 is 11.8 Å². The molecule has 0 radical (unpaired) electrons. The lowest BCUT2D eigenvalue weighted by molar-refractivity contribution is -0.141. The lowest BCUT2D eigenvalue weighted by Gasteiger charge is -2.41. The normalized spacial score (nSPS) is 21.2. The van der Waals surface area contributed by atoms with Gasteiger partial charge in [0.2, 0.25) is 11.8 Å². The number of carbonyl (C=O) groups is 2. The molecule has 2 aliphatic rings. The van der Waals surface area contributed by atoms with Crippen molar-refractivity contribution in [3.63, 3.8) is 0 Å². The van der Waals surface area contributed by atoms with Gasteiger partial charge in [-0.05, 0) is 31.6 Å². The Morgan fingerprint density at radius 1 is 1.19 bits per heavy atom. The second-order valence-corrected chi connectivity index (χ2v) is 8.23. The summed E-state index contributed by atoms with van der Waals surface area (Å²) in [7, 11) is 0. The molecule has 2 amide bonds. The predicted molar refractivity (Wildman–Crippen MR) is 98.0 cm³/mol. The van der Waals surface area contributed by atoms with E-state index in [-0.39, 0.29) is 17.2 Å². The van der Waals surface area contributed by atoms with E-state index in [4.69, 9.17) is 0 Å². The van der Waals surface area contributed by atoms with Crippen LogP contribution in [0.1, 0.15) is 64.5 Å². The van der Waals surface area contributed by atoms with Gasteiger partial charge in [-0.15, -0.1) is 5.10 Å². The number of aromatic nitrogens is 3. The van der Waals surface area contributed by atoms with Crippen molar-refractivity contribution < 1.29 is 9.59 Å². The van der Waals surface area contributed by atoms with Gasteiger partial charge >= 0.3 is 0 Å². The maximum Gasteiger partial charge on any atom is 0.226 e. The van der Waals surface area contributed by atoms with Crippen molar-refractivity contribution in [3.05, 3.63) is 11.9 Å². The molecule has 1 N–H and O–H groups in total. The number of fused-ring (bicyclic) bond motifs is 2. The van der Waals surface area contributed by atoms with Crippen LogP contribution in [-0.2, 0) is 22.7 Å². The van der Waals surface area contributed by atoms with E-state index >= 15 is 0 Å². The van der Waals surface area contributed by atoms with Crippen LogP contribution in [0.3, 0.4) is 0 Å². The number of piperidine rings is 1. The van der Waals surface area contributed by atoms with Crippen LogP contribution in [-0.4, -0.2) is 44.8 Å². The van der Waals surface area contributed by atoms with Crippen LogP contribution in [0.5, 0.6) is 0 Å². The number of aryl methyl sites for hydroxylation is 1. The zero-order valence-electron chi connectivity index (χ0n) is 16.0. The average molecular weight is 361 g/mol. The van der Waals surface area contributed by atoms with Crippen LogP contribution in [0.15, 0.2) is 6.20 Å². The average Bonchev–Trinajstić information content (AvgIpc) is 3.06. The first-order valence-electron chi connectivity index (χ1n) is 9.94. The number of hydrogen-bond donors (Lipinski definition) is 1. The quantitative estimate of drug-likeness (QED) is 0.875. The van der Waals surface area contributed by atoms with Gasteiger partial charge in [0.05, 0.1) is 18.2 Å². The number of carbonyl (C=O) groups excluding carboxylic acids is 2. The van der Waals surface area contributed by atoms with Crippen molar-refractivity contribution in [3.8, 4) is 0 Å². The smallest absolute Gasteiger partial charge is 0.226 e. The number of likely N-dealkylation sites (tertiary alicyclic amines) is 1. The van der Waals surface area contributed by atoms with E-state index in [2.05, 4.69) is 29.5 Å². The van der Waals surface area contributed by atoms with Gasteiger partial charge in [0.25, 0.3) is 0 Å². The fourth-order valence-electron chi connectivity index (χ4n) is 4.05. The number of hydrogen-bond acceptors (Lipinski definition) is 4. The summed E-state index contributed by atoms with van der Waals surface area (Å²) < 4.78 is 1.86. The lowest BCUT2D eigenvalue weighted by atomic mass is 9.73. The monoisotopic (exact) mass is 361 g/mol. The van der Waals surface area contributed by atoms with Crippen LogP contribution in [0.4, 0.5) is 0 Å².